The maximum absolute atomic E-state index is 12.6. The third-order valence-electron chi connectivity index (χ3n) is 4.89. The van der Waals surface area contributed by atoms with Crippen molar-refractivity contribution in [3.8, 4) is 6.07 Å². The third kappa shape index (κ3) is 4.74. The molecule has 0 fully saturated rings. The fourth-order valence-corrected chi connectivity index (χ4v) is 3.42. The molecule has 4 rings (SSSR count). The average Bonchev–Trinajstić information content (AvgIpc) is 3.15. The zero-order valence-electron chi connectivity index (χ0n) is 17.2. The number of nitrogens with zero attached hydrogens (tertiary/aromatic N) is 2. The minimum Gasteiger partial charge on any atom is -0.337 e. The van der Waals surface area contributed by atoms with Crippen molar-refractivity contribution in [2.45, 2.75) is 6.54 Å². The number of benzene rings is 3. The molecule has 2 N–H and O–H groups in total. The fourth-order valence-electron chi connectivity index (χ4n) is 3.42. The second-order valence-corrected chi connectivity index (χ2v) is 7.13. The topological polar surface area (TPSA) is 86.9 Å². The molecule has 0 aliphatic heterocycles. The lowest BCUT2D eigenvalue weighted by atomic mass is 10.1. The Bertz CT molecular complexity index is 1330. The molecule has 0 saturated heterocycles. The maximum Gasteiger partial charge on any atom is 0.266 e. The van der Waals surface area contributed by atoms with Crippen molar-refractivity contribution in [1.29, 1.82) is 5.26 Å². The molecule has 1 heterocycles. The van der Waals surface area contributed by atoms with E-state index in [0.717, 1.165) is 16.6 Å². The highest BCUT2D eigenvalue weighted by Crippen LogP contribution is 2.24. The minimum absolute atomic E-state index is 0.0227. The van der Waals surface area contributed by atoms with Crippen LogP contribution in [-0.2, 0) is 16.1 Å². The molecule has 0 saturated carbocycles. The Morgan fingerprint density at radius 2 is 1.44 bits per heavy atom. The van der Waals surface area contributed by atoms with Crippen molar-refractivity contribution in [2.75, 3.05) is 10.6 Å². The van der Waals surface area contributed by atoms with Crippen LogP contribution in [0.1, 0.15) is 5.56 Å². The molecule has 0 aliphatic carbocycles. The Hall–Kier alpha value is -4.63. The lowest BCUT2D eigenvalue weighted by Crippen LogP contribution is -2.18. The summed E-state index contributed by atoms with van der Waals surface area (Å²) in [6, 6.07) is 27.7. The van der Waals surface area contributed by atoms with Crippen molar-refractivity contribution < 1.29 is 9.59 Å². The van der Waals surface area contributed by atoms with E-state index in [1.165, 1.54) is 0 Å². The van der Waals surface area contributed by atoms with Crippen molar-refractivity contribution in [3.63, 3.8) is 0 Å². The quantitative estimate of drug-likeness (QED) is 0.346. The molecule has 0 aliphatic rings. The van der Waals surface area contributed by atoms with E-state index in [0.29, 0.717) is 11.3 Å². The number of nitriles is 1. The van der Waals surface area contributed by atoms with Gasteiger partial charge in [-0.15, -0.1) is 0 Å². The number of rotatable bonds is 6. The Balaban J connectivity index is 1.61. The largest absolute Gasteiger partial charge is 0.337 e. The van der Waals surface area contributed by atoms with Crippen LogP contribution in [0.2, 0.25) is 0 Å². The van der Waals surface area contributed by atoms with Gasteiger partial charge in [-0.3, -0.25) is 9.59 Å². The van der Waals surface area contributed by atoms with Gasteiger partial charge in [0.15, 0.2) is 0 Å². The number of hydrogen-bond acceptors (Lipinski definition) is 3. The molecular formula is C26H20N4O2. The van der Waals surface area contributed by atoms with E-state index < -0.39 is 5.91 Å². The number of anilines is 2. The van der Waals surface area contributed by atoms with Crippen LogP contribution in [0.3, 0.4) is 0 Å². The summed E-state index contributed by atoms with van der Waals surface area (Å²) in [7, 11) is 0. The molecule has 2 amide bonds. The lowest BCUT2D eigenvalue weighted by molar-refractivity contribution is -0.116. The molecule has 1 aromatic heterocycles. The first-order valence-corrected chi connectivity index (χ1v) is 10.0. The molecule has 0 atom stereocenters. The summed E-state index contributed by atoms with van der Waals surface area (Å²) in [6.07, 6.45) is 3.33. The van der Waals surface area contributed by atoms with Crippen LogP contribution in [-0.4, -0.2) is 16.4 Å². The molecule has 156 valence electrons. The second-order valence-electron chi connectivity index (χ2n) is 7.13. The lowest BCUT2D eigenvalue weighted by Gasteiger charge is -2.07. The molecule has 3 aromatic carbocycles. The normalized spacial score (nSPS) is 11.0. The summed E-state index contributed by atoms with van der Waals surface area (Å²) in [5.74, 6) is -0.660. The van der Waals surface area contributed by atoms with E-state index in [1.54, 1.807) is 36.5 Å². The van der Waals surface area contributed by atoms with Gasteiger partial charge < -0.3 is 15.2 Å². The van der Waals surface area contributed by atoms with Gasteiger partial charge in [0.2, 0.25) is 5.91 Å². The first kappa shape index (κ1) is 20.6. The predicted octanol–water partition coefficient (Wildman–Crippen LogP) is 4.83. The van der Waals surface area contributed by atoms with Crippen molar-refractivity contribution in [1.82, 2.24) is 4.57 Å². The van der Waals surface area contributed by atoms with Crippen molar-refractivity contribution >= 4 is 40.2 Å². The van der Waals surface area contributed by atoms with Crippen molar-refractivity contribution in [2.24, 2.45) is 0 Å². The molecule has 6 nitrogen and oxygen atoms in total. The van der Waals surface area contributed by atoms with E-state index in [2.05, 4.69) is 10.6 Å². The predicted molar refractivity (Wildman–Crippen MR) is 126 cm³/mol. The summed E-state index contributed by atoms with van der Waals surface area (Å²) in [5.41, 5.74) is 2.83. The van der Waals surface area contributed by atoms with Gasteiger partial charge in [0.1, 0.15) is 18.2 Å². The summed E-state index contributed by atoms with van der Waals surface area (Å²) < 4.78 is 1.81. The molecular weight excluding hydrogens is 400 g/mol. The first-order valence-electron chi connectivity index (χ1n) is 10.0. The molecule has 32 heavy (non-hydrogen) atoms. The zero-order chi connectivity index (χ0) is 22.3. The van der Waals surface area contributed by atoms with Crippen LogP contribution in [0.15, 0.2) is 96.7 Å². The number of aromatic nitrogens is 1. The molecule has 4 aromatic rings. The van der Waals surface area contributed by atoms with Crippen LogP contribution in [0.25, 0.3) is 17.0 Å². The monoisotopic (exact) mass is 420 g/mol. The first-order chi connectivity index (χ1) is 15.6. The maximum atomic E-state index is 12.6. The number of carbonyl (C=O) groups excluding carboxylic acids is 2. The number of hydrogen-bond donors (Lipinski definition) is 2. The van der Waals surface area contributed by atoms with Gasteiger partial charge in [-0.2, -0.15) is 5.26 Å². The summed E-state index contributed by atoms with van der Waals surface area (Å²) in [4.78, 5) is 25.2. The van der Waals surface area contributed by atoms with E-state index in [1.807, 2.05) is 71.3 Å². The SMILES string of the molecule is N#CC(=Cc1cn(CC(=O)Nc2ccccc2)c2ccccc12)C(=O)Nc1ccccc1. The Morgan fingerprint density at radius 1 is 0.844 bits per heavy atom. The standard InChI is InChI=1S/C26H20N4O2/c27-16-19(26(32)29-22-11-5-2-6-12-22)15-20-17-30(24-14-8-7-13-23(20)24)18-25(31)28-21-9-3-1-4-10-21/h1-15,17H,18H2,(H,28,31)(H,29,32). The molecule has 0 spiro atoms. The molecule has 6 heteroatoms. The van der Waals surface area contributed by atoms with Crippen LogP contribution >= 0.6 is 0 Å². The van der Waals surface area contributed by atoms with Gasteiger partial charge in [0.25, 0.3) is 5.91 Å². The molecule has 0 bridgehead atoms. The van der Waals surface area contributed by atoms with Crippen molar-refractivity contribution in [3.05, 3.63) is 102 Å². The van der Waals surface area contributed by atoms with Gasteiger partial charge in [-0.25, -0.2) is 0 Å². The highest BCUT2D eigenvalue weighted by molar-refractivity contribution is 6.10. The number of fused-ring (bicyclic) bond motifs is 1. The van der Waals surface area contributed by atoms with E-state index in [9.17, 15) is 14.9 Å². The second kappa shape index (κ2) is 9.45. The highest BCUT2D eigenvalue weighted by Gasteiger charge is 2.14. The van der Waals surface area contributed by atoms with Gasteiger partial charge in [-0.1, -0.05) is 54.6 Å². The number of para-hydroxylation sites is 3. The minimum atomic E-state index is -0.489. The van der Waals surface area contributed by atoms with Gasteiger partial charge in [0, 0.05) is 34.0 Å². The Morgan fingerprint density at radius 3 is 2.09 bits per heavy atom. The summed E-state index contributed by atoms with van der Waals surface area (Å²) >= 11 is 0. The van der Waals surface area contributed by atoms with Crippen LogP contribution in [0, 0.1) is 11.3 Å². The summed E-state index contributed by atoms with van der Waals surface area (Å²) in [6.45, 7) is 0.0986. The third-order valence-corrected chi connectivity index (χ3v) is 4.89. The van der Waals surface area contributed by atoms with Crippen LogP contribution in [0.4, 0.5) is 11.4 Å². The van der Waals surface area contributed by atoms with Crippen LogP contribution in [0.5, 0.6) is 0 Å². The van der Waals surface area contributed by atoms with E-state index in [4.69, 9.17) is 0 Å². The van der Waals surface area contributed by atoms with Gasteiger partial charge in [0.05, 0.1) is 0 Å². The average molecular weight is 420 g/mol. The molecule has 0 radical (unpaired) electrons. The Labute approximate surface area is 185 Å². The summed E-state index contributed by atoms with van der Waals surface area (Å²) in [5, 5.41) is 16.0. The highest BCUT2D eigenvalue weighted by atomic mass is 16.2. The number of carbonyl (C=O) groups is 2. The van der Waals surface area contributed by atoms with E-state index >= 15 is 0 Å². The van der Waals surface area contributed by atoms with Gasteiger partial charge in [-0.05, 0) is 36.4 Å². The number of amides is 2. The zero-order valence-corrected chi connectivity index (χ0v) is 17.2. The smallest absolute Gasteiger partial charge is 0.266 e. The van der Waals surface area contributed by atoms with E-state index in [-0.39, 0.29) is 18.0 Å². The fraction of sp³-hybridized carbons (Fsp3) is 0.0385. The van der Waals surface area contributed by atoms with Crippen LogP contribution < -0.4 is 10.6 Å². The Kier molecular flexibility index (Phi) is 6.10. The molecule has 0 unspecified atom stereocenters. The number of nitrogens with one attached hydrogen (secondary N) is 2. The van der Waals surface area contributed by atoms with Gasteiger partial charge >= 0.3 is 0 Å².